The monoisotopic (exact) mass is 537 g/mol. The van der Waals surface area contributed by atoms with Gasteiger partial charge in [0.15, 0.2) is 0 Å². The Labute approximate surface area is 212 Å². The molecule has 2 fully saturated rings. The summed E-state index contributed by atoms with van der Waals surface area (Å²) in [5.74, 6) is 0.843. The van der Waals surface area contributed by atoms with Crippen LogP contribution in [0.15, 0.2) is 57.5 Å². The van der Waals surface area contributed by atoms with Gasteiger partial charge in [-0.3, -0.25) is 14.5 Å². The summed E-state index contributed by atoms with van der Waals surface area (Å²) in [6, 6.07) is 15.0. The van der Waals surface area contributed by atoms with Crippen LogP contribution in [0, 0.1) is 5.92 Å². The van der Waals surface area contributed by atoms with Crippen molar-refractivity contribution in [1.82, 2.24) is 19.9 Å². The van der Waals surface area contributed by atoms with Crippen LogP contribution < -0.4 is 5.32 Å². The zero-order valence-electron chi connectivity index (χ0n) is 19.5. The van der Waals surface area contributed by atoms with E-state index in [9.17, 15) is 9.59 Å². The van der Waals surface area contributed by atoms with Crippen molar-refractivity contribution in [1.29, 1.82) is 0 Å². The van der Waals surface area contributed by atoms with E-state index in [-0.39, 0.29) is 17.7 Å². The van der Waals surface area contributed by atoms with E-state index in [4.69, 9.17) is 4.52 Å². The Morgan fingerprint density at radius 3 is 2.60 bits per heavy atom. The summed E-state index contributed by atoms with van der Waals surface area (Å²) in [6.45, 7) is 3.51. The van der Waals surface area contributed by atoms with Gasteiger partial charge in [0.25, 0.3) is 5.91 Å². The molecule has 2 aliphatic heterocycles. The van der Waals surface area contributed by atoms with Crippen molar-refractivity contribution in [3.63, 3.8) is 0 Å². The summed E-state index contributed by atoms with van der Waals surface area (Å²) in [5, 5.41) is 7.14. The Bertz CT molecular complexity index is 1190. The number of piperidine rings is 1. The van der Waals surface area contributed by atoms with Gasteiger partial charge in [0.05, 0.1) is 23.7 Å². The van der Waals surface area contributed by atoms with Gasteiger partial charge in [0.2, 0.25) is 17.6 Å². The quantitative estimate of drug-likeness (QED) is 0.494. The van der Waals surface area contributed by atoms with Crippen LogP contribution in [0.4, 0.5) is 5.69 Å². The van der Waals surface area contributed by atoms with Crippen molar-refractivity contribution in [3.8, 4) is 11.4 Å². The number of carbonyl (C=O) groups is 2. The molecule has 182 valence electrons. The second-order valence-corrected chi connectivity index (χ2v) is 10.0. The Balaban J connectivity index is 1.21. The van der Waals surface area contributed by atoms with Crippen LogP contribution in [-0.4, -0.2) is 57.9 Å². The molecule has 2 aliphatic rings. The molecule has 1 aromatic heterocycles. The third kappa shape index (κ3) is 5.62. The van der Waals surface area contributed by atoms with E-state index in [1.54, 1.807) is 6.07 Å². The van der Waals surface area contributed by atoms with E-state index in [2.05, 4.69) is 36.3 Å². The van der Waals surface area contributed by atoms with Gasteiger partial charge in [0.1, 0.15) is 0 Å². The lowest BCUT2D eigenvalue weighted by atomic mass is 9.96. The maximum absolute atomic E-state index is 13.2. The number of anilines is 1. The van der Waals surface area contributed by atoms with Gasteiger partial charge in [-0.05, 0) is 68.6 Å². The number of para-hydroxylation sites is 1. The first-order valence-electron chi connectivity index (χ1n) is 12.1. The largest absolute Gasteiger partial charge is 0.339 e. The lowest BCUT2D eigenvalue weighted by molar-refractivity contribution is -0.121. The minimum atomic E-state index is -0.174. The van der Waals surface area contributed by atoms with E-state index in [0.29, 0.717) is 36.1 Å². The van der Waals surface area contributed by atoms with Gasteiger partial charge in [-0.25, -0.2) is 0 Å². The summed E-state index contributed by atoms with van der Waals surface area (Å²) >= 11 is 3.43. The maximum Gasteiger partial charge on any atom is 0.255 e. The molecule has 2 saturated heterocycles. The number of hydrogen-bond donors (Lipinski definition) is 1. The molecule has 35 heavy (non-hydrogen) atoms. The smallest absolute Gasteiger partial charge is 0.255 e. The molecule has 0 aliphatic carbocycles. The molecule has 0 saturated carbocycles. The molecule has 0 bridgehead atoms. The third-order valence-corrected chi connectivity index (χ3v) is 7.14. The fraction of sp³-hybridized carbons (Fsp3) is 0.385. The van der Waals surface area contributed by atoms with Crippen molar-refractivity contribution in [2.45, 2.75) is 32.2 Å². The van der Waals surface area contributed by atoms with Gasteiger partial charge in [-0.2, -0.15) is 4.98 Å². The molecular weight excluding hydrogens is 510 g/mol. The molecule has 9 heteroatoms. The number of aromatic nitrogens is 2. The van der Waals surface area contributed by atoms with Gasteiger partial charge in [0, 0.05) is 29.7 Å². The summed E-state index contributed by atoms with van der Waals surface area (Å²) in [6.07, 6.45) is 3.77. The third-order valence-electron chi connectivity index (χ3n) is 6.61. The van der Waals surface area contributed by atoms with Gasteiger partial charge < -0.3 is 14.7 Å². The van der Waals surface area contributed by atoms with E-state index in [0.717, 1.165) is 55.4 Å². The molecule has 1 N–H and O–H groups in total. The molecule has 3 heterocycles. The zero-order valence-corrected chi connectivity index (χ0v) is 21.0. The highest BCUT2D eigenvalue weighted by atomic mass is 79.9. The second-order valence-electron chi connectivity index (χ2n) is 9.13. The summed E-state index contributed by atoms with van der Waals surface area (Å²) in [4.78, 5) is 34.7. The zero-order chi connectivity index (χ0) is 24.2. The first kappa shape index (κ1) is 23.7. The van der Waals surface area contributed by atoms with Crippen LogP contribution in [-0.2, 0) is 11.3 Å². The number of nitrogens with one attached hydrogen (secondary N) is 1. The fourth-order valence-corrected chi connectivity index (χ4v) is 5.01. The maximum atomic E-state index is 13.2. The predicted molar refractivity (Wildman–Crippen MR) is 136 cm³/mol. The van der Waals surface area contributed by atoms with Gasteiger partial charge in [-0.15, -0.1) is 0 Å². The molecule has 0 spiro atoms. The Morgan fingerprint density at radius 2 is 1.80 bits per heavy atom. The van der Waals surface area contributed by atoms with E-state index in [1.165, 1.54) is 0 Å². The first-order chi connectivity index (χ1) is 17.1. The number of halogens is 1. The molecule has 8 nitrogen and oxygen atoms in total. The van der Waals surface area contributed by atoms with Crippen molar-refractivity contribution < 1.29 is 14.1 Å². The number of likely N-dealkylation sites (tertiary alicyclic amines) is 2. The number of nitrogens with zero attached hydrogens (tertiary/aromatic N) is 4. The highest BCUT2D eigenvalue weighted by Gasteiger charge is 2.28. The second kappa shape index (κ2) is 10.7. The average molecular weight is 538 g/mol. The van der Waals surface area contributed by atoms with Crippen LogP contribution in [0.1, 0.15) is 41.9 Å². The number of benzene rings is 2. The van der Waals surface area contributed by atoms with Crippen LogP contribution in [0.3, 0.4) is 0 Å². The van der Waals surface area contributed by atoms with Crippen LogP contribution in [0.25, 0.3) is 11.4 Å². The number of hydrogen-bond acceptors (Lipinski definition) is 6. The van der Waals surface area contributed by atoms with Crippen molar-refractivity contribution in [2.24, 2.45) is 5.92 Å². The van der Waals surface area contributed by atoms with E-state index in [1.807, 2.05) is 47.4 Å². The van der Waals surface area contributed by atoms with Gasteiger partial charge in [-0.1, -0.05) is 33.2 Å². The van der Waals surface area contributed by atoms with Crippen LogP contribution in [0.2, 0.25) is 0 Å². The number of rotatable bonds is 6. The van der Waals surface area contributed by atoms with E-state index < -0.39 is 0 Å². The van der Waals surface area contributed by atoms with Crippen LogP contribution in [0.5, 0.6) is 0 Å². The summed E-state index contributed by atoms with van der Waals surface area (Å²) < 4.78 is 6.47. The number of amides is 2. The summed E-state index contributed by atoms with van der Waals surface area (Å²) in [5.41, 5.74) is 2.03. The summed E-state index contributed by atoms with van der Waals surface area (Å²) in [7, 11) is 0. The SMILES string of the molecule is O=C(Nc1ccccc1C(=O)N1CCCC1)C1CCCN(Cc2nc(-c3ccc(Br)cc3)no2)C1. The fourth-order valence-electron chi connectivity index (χ4n) is 4.74. The predicted octanol–water partition coefficient (Wildman–Crippen LogP) is 4.59. The molecule has 3 aromatic rings. The highest BCUT2D eigenvalue weighted by Crippen LogP contribution is 2.25. The molecule has 0 radical (unpaired) electrons. The molecule has 5 rings (SSSR count). The number of carbonyl (C=O) groups excluding carboxylic acids is 2. The molecule has 1 unspecified atom stereocenters. The Hall–Kier alpha value is -3.04. The topological polar surface area (TPSA) is 91.6 Å². The lowest BCUT2D eigenvalue weighted by Gasteiger charge is -2.31. The van der Waals surface area contributed by atoms with Crippen molar-refractivity contribution in [2.75, 3.05) is 31.5 Å². The van der Waals surface area contributed by atoms with Gasteiger partial charge >= 0.3 is 0 Å². The van der Waals surface area contributed by atoms with Crippen molar-refractivity contribution in [3.05, 3.63) is 64.5 Å². The molecule has 2 aromatic carbocycles. The molecule has 1 atom stereocenters. The normalized spacial score (nSPS) is 18.5. The van der Waals surface area contributed by atoms with E-state index >= 15 is 0 Å². The van der Waals surface area contributed by atoms with Crippen LogP contribution >= 0.6 is 15.9 Å². The lowest BCUT2D eigenvalue weighted by Crippen LogP contribution is -2.40. The molecule has 2 amide bonds. The average Bonchev–Trinajstić information content (AvgIpc) is 3.57. The minimum Gasteiger partial charge on any atom is -0.339 e. The molecular formula is C26H28BrN5O3. The first-order valence-corrected chi connectivity index (χ1v) is 12.9. The highest BCUT2D eigenvalue weighted by molar-refractivity contribution is 9.10. The Kier molecular flexibility index (Phi) is 7.24. The Morgan fingerprint density at radius 1 is 1.03 bits per heavy atom. The van der Waals surface area contributed by atoms with Crippen molar-refractivity contribution >= 4 is 33.4 Å². The minimum absolute atomic E-state index is 0.0124. The standard InChI is InChI=1S/C26H28BrN5O3/c27-20-11-9-18(10-12-20)24-29-23(35-30-24)17-31-13-5-6-19(16-31)25(33)28-22-8-2-1-7-21(22)26(34)32-14-3-4-15-32/h1-2,7-12,19H,3-6,13-17H2,(H,28,33).